The quantitative estimate of drug-likeness (QED) is 0.126. The molecule has 4 rings (SSSR count). The number of benzene rings is 4. The Balaban J connectivity index is 0.000000239. The number of sulfone groups is 1. The van der Waals surface area contributed by atoms with Crippen LogP contribution in [0.5, 0.6) is 28.7 Å². The first-order chi connectivity index (χ1) is 21.4. The third-order valence-corrected chi connectivity index (χ3v) is 9.00. The molecule has 0 aliphatic rings. The van der Waals surface area contributed by atoms with Crippen LogP contribution in [-0.2, 0) is 20.9 Å². The molecule has 0 aromatic heterocycles. The van der Waals surface area contributed by atoms with Crippen LogP contribution in [0.25, 0.3) is 0 Å². The van der Waals surface area contributed by atoms with Crippen molar-refractivity contribution < 1.29 is 36.1 Å². The number of aryl methyl sites for hydroxylation is 2. The molecule has 4 aromatic rings. The molecule has 1 N–H and O–H groups in total. The third kappa shape index (κ3) is 13.1. The van der Waals surface area contributed by atoms with Crippen LogP contribution in [0.1, 0.15) is 30.9 Å². The summed E-state index contributed by atoms with van der Waals surface area (Å²) in [6.07, 6.45) is 5.58. The van der Waals surface area contributed by atoms with Gasteiger partial charge in [-0.25, -0.2) is 12.6 Å². The molecule has 0 spiro atoms. The van der Waals surface area contributed by atoms with Gasteiger partial charge in [0.05, 0.1) is 30.6 Å². The fourth-order valence-electron chi connectivity index (χ4n) is 3.63. The van der Waals surface area contributed by atoms with Crippen LogP contribution in [0.3, 0.4) is 0 Å². The standard InChI is InChI=1S/C13H12O4S.C12H18OS.C9H12O3S/c1-16-11-6-8-13(9-7-11)18(15)17-12-4-2-10(14)3-5-12;1-4-5-8-13-11-7-6-10(2)9-12(11)14-3;1-7-6-8(13(3,10)11)4-5-9(7)12-2/h2-9,14H,1H3;6-7,9H,4-5,8H2,1-3H3;4-6H,1-3H3. The minimum absolute atomic E-state index is 0.137. The molecule has 0 saturated carbocycles. The second-order valence-corrected chi connectivity index (χ2v) is 13.7. The number of thioether (sulfide) groups is 1. The summed E-state index contributed by atoms with van der Waals surface area (Å²) in [5.41, 5.74) is 2.11. The largest absolute Gasteiger partial charge is 0.508 e. The van der Waals surface area contributed by atoms with Gasteiger partial charge in [-0.3, -0.25) is 0 Å². The Kier molecular flexibility index (Phi) is 15.8. The van der Waals surface area contributed by atoms with E-state index in [0.29, 0.717) is 27.0 Å². The average molecular weight is 675 g/mol. The van der Waals surface area contributed by atoms with E-state index in [4.69, 9.17) is 23.5 Å². The normalized spacial score (nSPS) is 11.2. The molecule has 0 saturated heterocycles. The van der Waals surface area contributed by atoms with E-state index in [2.05, 4.69) is 38.3 Å². The maximum absolute atomic E-state index is 11.9. The van der Waals surface area contributed by atoms with Gasteiger partial charge in [-0.1, -0.05) is 19.4 Å². The summed E-state index contributed by atoms with van der Waals surface area (Å²) in [5, 5.41) is 9.12. The van der Waals surface area contributed by atoms with Gasteiger partial charge >= 0.3 is 0 Å². The highest BCUT2D eigenvalue weighted by Gasteiger charge is 2.09. The van der Waals surface area contributed by atoms with E-state index in [1.807, 2.05) is 6.92 Å². The lowest BCUT2D eigenvalue weighted by Crippen LogP contribution is -2.00. The zero-order valence-electron chi connectivity index (χ0n) is 26.7. The fraction of sp³-hybridized carbons (Fsp3) is 0.294. The van der Waals surface area contributed by atoms with Gasteiger partial charge in [0.1, 0.15) is 28.7 Å². The first kappa shape index (κ1) is 37.5. The number of rotatable bonds is 11. The lowest BCUT2D eigenvalue weighted by molar-refractivity contribution is 0.302. The van der Waals surface area contributed by atoms with E-state index < -0.39 is 20.9 Å². The molecule has 0 radical (unpaired) electrons. The predicted octanol–water partition coefficient (Wildman–Crippen LogP) is 7.81. The highest BCUT2D eigenvalue weighted by molar-refractivity contribution is 7.98. The minimum Gasteiger partial charge on any atom is -0.508 e. The molecule has 0 heterocycles. The Morgan fingerprint density at radius 3 is 1.98 bits per heavy atom. The molecule has 0 fully saturated rings. The maximum Gasteiger partial charge on any atom is 0.240 e. The molecule has 8 nitrogen and oxygen atoms in total. The second kappa shape index (κ2) is 19.0. The second-order valence-electron chi connectivity index (χ2n) is 9.75. The average Bonchev–Trinajstić information content (AvgIpc) is 3.03. The molecule has 0 bridgehead atoms. The zero-order valence-corrected chi connectivity index (χ0v) is 29.2. The molecular formula is C34H42O8S3. The summed E-state index contributed by atoms with van der Waals surface area (Å²) >= 11 is 0.154. The summed E-state index contributed by atoms with van der Waals surface area (Å²) in [4.78, 5) is 2.11. The number of hydrogen-bond acceptors (Lipinski definition) is 9. The third-order valence-electron chi connectivity index (χ3n) is 6.13. The predicted molar refractivity (Wildman–Crippen MR) is 182 cm³/mol. The molecule has 4 aromatic carbocycles. The summed E-state index contributed by atoms with van der Waals surface area (Å²) in [6, 6.07) is 24.0. The van der Waals surface area contributed by atoms with E-state index in [9.17, 15) is 12.6 Å². The van der Waals surface area contributed by atoms with Crippen LogP contribution in [0.4, 0.5) is 0 Å². The van der Waals surface area contributed by atoms with Crippen LogP contribution in [0.15, 0.2) is 99.6 Å². The summed E-state index contributed by atoms with van der Waals surface area (Å²) in [5.74, 6) is 2.99. The van der Waals surface area contributed by atoms with Crippen molar-refractivity contribution in [3.05, 3.63) is 96.1 Å². The van der Waals surface area contributed by atoms with Crippen molar-refractivity contribution in [2.75, 3.05) is 33.3 Å². The highest BCUT2D eigenvalue weighted by Crippen LogP contribution is 2.28. The SMILES string of the molecule is CCCCOc1ccc(C)cc1SC.COc1ccc(S(=O)Oc2ccc(O)cc2)cc1.COc1ccc(S(C)(=O)=O)cc1C. The van der Waals surface area contributed by atoms with Crippen molar-refractivity contribution in [3.8, 4) is 28.7 Å². The smallest absolute Gasteiger partial charge is 0.240 e. The van der Waals surface area contributed by atoms with Gasteiger partial charge in [-0.15, -0.1) is 11.8 Å². The monoisotopic (exact) mass is 674 g/mol. The number of phenolic OH excluding ortho intramolecular Hbond substituents is 1. The Labute approximate surface area is 274 Å². The molecule has 1 unspecified atom stereocenters. The molecule has 45 heavy (non-hydrogen) atoms. The van der Waals surface area contributed by atoms with Gasteiger partial charge in [0, 0.05) is 11.2 Å². The van der Waals surface area contributed by atoms with E-state index in [1.54, 1.807) is 80.6 Å². The Hall–Kier alpha value is -3.67. The van der Waals surface area contributed by atoms with E-state index in [-0.39, 0.29) is 5.75 Å². The topological polar surface area (TPSA) is 108 Å². The van der Waals surface area contributed by atoms with Crippen molar-refractivity contribution in [2.45, 2.75) is 48.3 Å². The maximum atomic E-state index is 11.9. The van der Waals surface area contributed by atoms with Gasteiger partial charge in [0.25, 0.3) is 0 Å². The van der Waals surface area contributed by atoms with Crippen molar-refractivity contribution in [3.63, 3.8) is 0 Å². The van der Waals surface area contributed by atoms with Gasteiger partial charge in [0.15, 0.2) is 9.84 Å². The molecule has 1 atom stereocenters. The molecule has 0 aliphatic carbocycles. The van der Waals surface area contributed by atoms with Crippen molar-refractivity contribution in [1.82, 2.24) is 0 Å². The highest BCUT2D eigenvalue weighted by atomic mass is 32.2. The number of phenols is 1. The van der Waals surface area contributed by atoms with Crippen LogP contribution in [0, 0.1) is 13.8 Å². The molecule has 244 valence electrons. The van der Waals surface area contributed by atoms with Crippen LogP contribution in [0.2, 0.25) is 0 Å². The summed E-state index contributed by atoms with van der Waals surface area (Å²) in [6.45, 7) is 6.92. The Morgan fingerprint density at radius 2 is 1.44 bits per heavy atom. The molecular weight excluding hydrogens is 633 g/mol. The van der Waals surface area contributed by atoms with Crippen molar-refractivity contribution in [1.29, 1.82) is 0 Å². The van der Waals surface area contributed by atoms with E-state index in [1.165, 1.54) is 35.3 Å². The molecule has 0 amide bonds. The number of hydrogen-bond donors (Lipinski definition) is 1. The van der Waals surface area contributed by atoms with E-state index in [0.717, 1.165) is 24.3 Å². The minimum atomic E-state index is -3.11. The number of methoxy groups -OCH3 is 2. The lowest BCUT2D eigenvalue weighted by atomic mass is 10.2. The zero-order chi connectivity index (χ0) is 33.4. The van der Waals surface area contributed by atoms with E-state index >= 15 is 0 Å². The first-order valence-corrected chi connectivity index (χ1v) is 18.3. The summed E-state index contributed by atoms with van der Waals surface area (Å²) in [7, 11) is 0.0205. The molecule has 0 aliphatic heterocycles. The number of ether oxygens (including phenoxy) is 3. The van der Waals surface area contributed by atoms with Gasteiger partial charge in [-0.2, -0.15) is 0 Å². The van der Waals surface area contributed by atoms with Crippen LogP contribution >= 0.6 is 11.8 Å². The fourth-order valence-corrected chi connectivity index (χ4v) is 5.70. The van der Waals surface area contributed by atoms with Crippen LogP contribution in [-0.4, -0.2) is 51.1 Å². The van der Waals surface area contributed by atoms with Gasteiger partial charge in [0.2, 0.25) is 11.1 Å². The number of aromatic hydroxyl groups is 1. The lowest BCUT2D eigenvalue weighted by Gasteiger charge is -2.09. The van der Waals surface area contributed by atoms with Crippen molar-refractivity contribution >= 4 is 32.7 Å². The first-order valence-electron chi connectivity index (χ1n) is 14.1. The van der Waals surface area contributed by atoms with Gasteiger partial charge in [-0.05, 0) is 117 Å². The Bertz CT molecular complexity index is 1600. The summed E-state index contributed by atoms with van der Waals surface area (Å²) < 4.78 is 55.2. The molecule has 11 heteroatoms. The van der Waals surface area contributed by atoms with Crippen LogP contribution < -0.4 is 18.4 Å². The number of unbranched alkanes of at least 4 members (excludes halogenated alkanes) is 1. The van der Waals surface area contributed by atoms with Gasteiger partial charge < -0.3 is 23.5 Å². The van der Waals surface area contributed by atoms with Crippen molar-refractivity contribution in [2.24, 2.45) is 0 Å². The Morgan fingerprint density at radius 1 is 0.822 bits per heavy atom.